The van der Waals surface area contributed by atoms with Crippen molar-refractivity contribution in [3.8, 4) is 0 Å². The average molecular weight is 310 g/mol. The summed E-state index contributed by atoms with van der Waals surface area (Å²) in [7, 11) is -3.24. The molecule has 1 saturated carbocycles. The van der Waals surface area contributed by atoms with Gasteiger partial charge in [0.05, 0.1) is 5.75 Å². The molecule has 1 fully saturated rings. The molecule has 1 aliphatic rings. The van der Waals surface area contributed by atoms with Crippen molar-refractivity contribution < 1.29 is 8.42 Å². The zero-order valence-electron chi connectivity index (χ0n) is 12.9. The molecular weight excluding hydrogens is 284 g/mol. The Kier molecular flexibility index (Phi) is 5.65. The molecule has 0 spiro atoms. The Balaban J connectivity index is 1.77. The molecule has 118 valence electrons. The van der Waals surface area contributed by atoms with Crippen LogP contribution in [0.25, 0.3) is 0 Å². The highest BCUT2D eigenvalue weighted by Gasteiger charge is 2.19. The molecule has 1 aromatic carbocycles. The third kappa shape index (κ3) is 6.06. The van der Waals surface area contributed by atoms with Gasteiger partial charge in [-0.1, -0.05) is 26.0 Å². The summed E-state index contributed by atoms with van der Waals surface area (Å²) in [5.74, 6) is 0.577. The first-order chi connectivity index (χ1) is 9.96. The lowest BCUT2D eigenvalue weighted by Crippen LogP contribution is -2.20. The Hall–Kier alpha value is -1.07. The molecule has 0 amide bonds. The fourth-order valence-electron chi connectivity index (χ4n) is 2.20. The summed E-state index contributed by atoms with van der Waals surface area (Å²) in [5.41, 5.74) is 1.81. The van der Waals surface area contributed by atoms with Crippen LogP contribution in [0.1, 0.15) is 51.0 Å². The van der Waals surface area contributed by atoms with Gasteiger partial charge in [0.1, 0.15) is 0 Å². The van der Waals surface area contributed by atoms with Crippen molar-refractivity contribution in [3.63, 3.8) is 0 Å². The Labute approximate surface area is 128 Å². The maximum absolute atomic E-state index is 12.1. The number of hydrogen-bond acceptors (Lipinski definition) is 3. The lowest BCUT2D eigenvalue weighted by molar-refractivity contribution is 0.591. The summed E-state index contributed by atoms with van der Waals surface area (Å²) in [6, 6.07) is 8.33. The monoisotopic (exact) mass is 310 g/mol. The molecule has 0 atom stereocenters. The molecule has 0 aromatic heterocycles. The van der Waals surface area contributed by atoms with Gasteiger partial charge in [0.15, 0.2) is 0 Å². The SMILES string of the molecule is CC(C)c1cccc(NS(=O)(=O)CCCCNC2CC2)c1. The quantitative estimate of drug-likeness (QED) is 0.689. The maximum Gasteiger partial charge on any atom is 0.232 e. The smallest absolute Gasteiger partial charge is 0.232 e. The van der Waals surface area contributed by atoms with Crippen molar-refractivity contribution in [2.45, 2.75) is 51.5 Å². The van der Waals surface area contributed by atoms with E-state index in [2.05, 4.69) is 23.9 Å². The van der Waals surface area contributed by atoms with Crippen LogP contribution in [0.4, 0.5) is 5.69 Å². The predicted octanol–water partition coefficient (Wildman–Crippen LogP) is 3.08. The minimum absolute atomic E-state index is 0.186. The van der Waals surface area contributed by atoms with Gasteiger partial charge >= 0.3 is 0 Å². The van der Waals surface area contributed by atoms with Crippen LogP contribution < -0.4 is 10.0 Å². The van der Waals surface area contributed by atoms with E-state index in [0.717, 1.165) is 18.5 Å². The number of sulfonamides is 1. The topological polar surface area (TPSA) is 58.2 Å². The molecule has 0 unspecified atom stereocenters. The maximum atomic E-state index is 12.1. The summed E-state index contributed by atoms with van der Waals surface area (Å²) < 4.78 is 26.8. The molecule has 1 aromatic rings. The second kappa shape index (κ2) is 7.27. The van der Waals surface area contributed by atoms with Crippen molar-refractivity contribution in [2.75, 3.05) is 17.0 Å². The van der Waals surface area contributed by atoms with E-state index >= 15 is 0 Å². The van der Waals surface area contributed by atoms with E-state index in [4.69, 9.17) is 0 Å². The summed E-state index contributed by atoms with van der Waals surface area (Å²) in [4.78, 5) is 0. The van der Waals surface area contributed by atoms with E-state index in [1.165, 1.54) is 12.8 Å². The second-order valence-corrected chi connectivity index (χ2v) is 7.98. The molecule has 1 aliphatic carbocycles. The van der Waals surface area contributed by atoms with Crippen LogP contribution in [-0.2, 0) is 10.0 Å². The molecule has 0 heterocycles. The fraction of sp³-hybridized carbons (Fsp3) is 0.625. The van der Waals surface area contributed by atoms with Crippen molar-refractivity contribution >= 4 is 15.7 Å². The highest BCUT2D eigenvalue weighted by atomic mass is 32.2. The van der Waals surface area contributed by atoms with E-state index in [-0.39, 0.29) is 5.75 Å². The Morgan fingerprint density at radius 2 is 2.00 bits per heavy atom. The number of unbranched alkanes of at least 4 members (excludes halogenated alkanes) is 1. The van der Waals surface area contributed by atoms with E-state index < -0.39 is 10.0 Å². The third-order valence-electron chi connectivity index (χ3n) is 3.68. The lowest BCUT2D eigenvalue weighted by atomic mass is 10.0. The molecule has 0 saturated heterocycles. The first-order valence-corrected chi connectivity index (χ1v) is 9.45. The summed E-state index contributed by atoms with van der Waals surface area (Å²) in [5, 5.41) is 3.40. The summed E-state index contributed by atoms with van der Waals surface area (Å²) in [6.07, 6.45) is 4.14. The third-order valence-corrected chi connectivity index (χ3v) is 5.05. The number of nitrogens with one attached hydrogen (secondary N) is 2. The standard InChI is InChI=1S/C16H26N2O2S/c1-13(2)14-6-5-7-16(12-14)18-21(19,20)11-4-3-10-17-15-8-9-15/h5-7,12-13,15,17-18H,3-4,8-11H2,1-2H3. The van der Waals surface area contributed by atoms with Crippen molar-refractivity contribution in [2.24, 2.45) is 0 Å². The van der Waals surface area contributed by atoms with E-state index in [1.807, 2.05) is 18.2 Å². The van der Waals surface area contributed by atoms with E-state index in [0.29, 0.717) is 24.1 Å². The van der Waals surface area contributed by atoms with Gasteiger partial charge in [-0.05, 0) is 55.8 Å². The number of rotatable bonds is 9. The molecule has 2 rings (SSSR count). The van der Waals surface area contributed by atoms with Crippen LogP contribution in [0, 0.1) is 0 Å². The van der Waals surface area contributed by atoms with Crippen LogP contribution >= 0.6 is 0 Å². The van der Waals surface area contributed by atoms with Crippen LogP contribution in [0.15, 0.2) is 24.3 Å². The molecular formula is C16H26N2O2S. The zero-order valence-corrected chi connectivity index (χ0v) is 13.7. The Morgan fingerprint density at radius 1 is 1.24 bits per heavy atom. The molecule has 21 heavy (non-hydrogen) atoms. The number of benzene rings is 1. The van der Waals surface area contributed by atoms with Crippen LogP contribution in [0.2, 0.25) is 0 Å². The molecule has 0 bridgehead atoms. The van der Waals surface area contributed by atoms with Gasteiger partial charge < -0.3 is 5.32 Å². The first kappa shape index (κ1) is 16.3. The normalized spacial score (nSPS) is 15.4. The minimum Gasteiger partial charge on any atom is -0.314 e. The number of anilines is 1. The van der Waals surface area contributed by atoms with Gasteiger partial charge in [0, 0.05) is 11.7 Å². The molecule has 0 aliphatic heterocycles. The van der Waals surface area contributed by atoms with Crippen molar-refractivity contribution in [1.29, 1.82) is 0 Å². The Bertz CT molecular complexity index is 551. The van der Waals surface area contributed by atoms with Crippen LogP contribution in [0.5, 0.6) is 0 Å². The second-order valence-electron chi connectivity index (χ2n) is 6.14. The van der Waals surface area contributed by atoms with E-state index in [1.54, 1.807) is 6.07 Å². The van der Waals surface area contributed by atoms with Crippen LogP contribution in [-0.4, -0.2) is 26.8 Å². The van der Waals surface area contributed by atoms with E-state index in [9.17, 15) is 8.42 Å². The van der Waals surface area contributed by atoms with Gasteiger partial charge in [-0.3, -0.25) is 4.72 Å². The summed E-state index contributed by atoms with van der Waals surface area (Å²) >= 11 is 0. The van der Waals surface area contributed by atoms with Gasteiger partial charge in [0.2, 0.25) is 10.0 Å². The van der Waals surface area contributed by atoms with Crippen molar-refractivity contribution in [1.82, 2.24) is 5.32 Å². The van der Waals surface area contributed by atoms with Gasteiger partial charge in [-0.2, -0.15) is 0 Å². The minimum atomic E-state index is -3.24. The van der Waals surface area contributed by atoms with Gasteiger partial charge in [0.25, 0.3) is 0 Å². The average Bonchev–Trinajstić information content (AvgIpc) is 3.22. The van der Waals surface area contributed by atoms with Gasteiger partial charge in [-0.15, -0.1) is 0 Å². The predicted molar refractivity (Wildman–Crippen MR) is 88.2 cm³/mol. The van der Waals surface area contributed by atoms with Crippen molar-refractivity contribution in [3.05, 3.63) is 29.8 Å². The van der Waals surface area contributed by atoms with Gasteiger partial charge in [-0.25, -0.2) is 8.42 Å². The largest absolute Gasteiger partial charge is 0.314 e. The molecule has 2 N–H and O–H groups in total. The fourth-order valence-corrected chi connectivity index (χ4v) is 3.37. The summed E-state index contributed by atoms with van der Waals surface area (Å²) in [6.45, 7) is 5.12. The highest BCUT2D eigenvalue weighted by molar-refractivity contribution is 7.92. The molecule has 4 nitrogen and oxygen atoms in total. The first-order valence-electron chi connectivity index (χ1n) is 7.80. The molecule has 0 radical (unpaired) electrons. The van der Waals surface area contributed by atoms with Crippen LogP contribution in [0.3, 0.4) is 0 Å². The lowest BCUT2D eigenvalue weighted by Gasteiger charge is -2.11. The number of hydrogen-bond donors (Lipinski definition) is 2. The highest BCUT2D eigenvalue weighted by Crippen LogP contribution is 2.20. The Morgan fingerprint density at radius 3 is 2.67 bits per heavy atom. The zero-order chi connectivity index (χ0) is 15.3. The molecule has 5 heteroatoms.